The van der Waals surface area contributed by atoms with Crippen molar-refractivity contribution in [3.05, 3.63) is 0 Å². The van der Waals surface area contributed by atoms with E-state index in [2.05, 4.69) is 13.8 Å². The summed E-state index contributed by atoms with van der Waals surface area (Å²) in [4.78, 5) is 0. The van der Waals surface area contributed by atoms with Crippen molar-refractivity contribution in [1.29, 1.82) is 0 Å². The fraction of sp³-hybridized carbons (Fsp3) is 1.00. The van der Waals surface area contributed by atoms with Crippen molar-refractivity contribution in [2.75, 3.05) is 0 Å². The standard InChI is InChI=1S/C12H23NO/c1-8-3-9(2)5-10(4-8)12(14)6-11(13)7-12/h8-11,14H,3-7,13H2,1-2H3. The zero-order valence-corrected chi connectivity index (χ0v) is 9.37. The summed E-state index contributed by atoms with van der Waals surface area (Å²) in [5.74, 6) is 2.08. The molecule has 2 heteroatoms. The van der Waals surface area contributed by atoms with E-state index in [1.54, 1.807) is 0 Å². The normalized spacial score (nSPS) is 54.0. The summed E-state index contributed by atoms with van der Waals surface area (Å²) in [5.41, 5.74) is 5.37. The summed E-state index contributed by atoms with van der Waals surface area (Å²) < 4.78 is 0. The van der Waals surface area contributed by atoms with E-state index in [0.29, 0.717) is 5.92 Å². The second-order valence-electron chi connectivity index (χ2n) is 5.89. The lowest BCUT2D eigenvalue weighted by Gasteiger charge is -2.50. The molecule has 2 atom stereocenters. The number of rotatable bonds is 1. The molecule has 0 spiro atoms. The van der Waals surface area contributed by atoms with E-state index in [1.807, 2.05) is 0 Å². The molecule has 0 aromatic rings. The van der Waals surface area contributed by atoms with Crippen molar-refractivity contribution in [1.82, 2.24) is 0 Å². The van der Waals surface area contributed by atoms with Gasteiger partial charge in [-0.05, 0) is 49.9 Å². The Morgan fingerprint density at radius 3 is 2.00 bits per heavy atom. The van der Waals surface area contributed by atoms with Gasteiger partial charge in [0.15, 0.2) is 0 Å². The van der Waals surface area contributed by atoms with Crippen LogP contribution in [0.15, 0.2) is 0 Å². The third kappa shape index (κ3) is 1.82. The summed E-state index contributed by atoms with van der Waals surface area (Å²) in [7, 11) is 0. The van der Waals surface area contributed by atoms with Gasteiger partial charge in [-0.1, -0.05) is 13.8 Å². The molecule has 0 saturated heterocycles. The topological polar surface area (TPSA) is 46.2 Å². The van der Waals surface area contributed by atoms with Crippen LogP contribution < -0.4 is 5.73 Å². The van der Waals surface area contributed by atoms with Crippen LogP contribution in [0, 0.1) is 17.8 Å². The highest BCUT2D eigenvalue weighted by Crippen LogP contribution is 2.46. The Kier molecular flexibility index (Phi) is 2.61. The van der Waals surface area contributed by atoms with E-state index in [1.165, 1.54) is 19.3 Å². The van der Waals surface area contributed by atoms with Gasteiger partial charge in [0.05, 0.1) is 5.60 Å². The fourth-order valence-corrected chi connectivity index (χ4v) is 3.57. The average Bonchev–Trinajstić information content (AvgIpc) is 1.99. The summed E-state index contributed by atoms with van der Waals surface area (Å²) in [6, 6.07) is 0.257. The van der Waals surface area contributed by atoms with E-state index in [0.717, 1.165) is 24.7 Å². The minimum Gasteiger partial charge on any atom is -0.389 e. The van der Waals surface area contributed by atoms with Gasteiger partial charge >= 0.3 is 0 Å². The monoisotopic (exact) mass is 197 g/mol. The van der Waals surface area contributed by atoms with E-state index in [-0.39, 0.29) is 6.04 Å². The van der Waals surface area contributed by atoms with Crippen LogP contribution in [-0.2, 0) is 0 Å². The van der Waals surface area contributed by atoms with Crippen LogP contribution in [0.2, 0.25) is 0 Å². The Morgan fingerprint density at radius 1 is 1.07 bits per heavy atom. The van der Waals surface area contributed by atoms with Gasteiger partial charge in [0, 0.05) is 6.04 Å². The molecule has 0 aliphatic heterocycles. The van der Waals surface area contributed by atoms with Crippen LogP contribution in [0.1, 0.15) is 46.0 Å². The first kappa shape index (κ1) is 10.4. The largest absolute Gasteiger partial charge is 0.389 e. The number of aliphatic hydroxyl groups is 1. The van der Waals surface area contributed by atoms with Gasteiger partial charge in [-0.3, -0.25) is 0 Å². The van der Waals surface area contributed by atoms with Crippen LogP contribution in [0.5, 0.6) is 0 Å². The van der Waals surface area contributed by atoms with E-state index < -0.39 is 5.60 Å². The number of hydrogen-bond donors (Lipinski definition) is 2. The van der Waals surface area contributed by atoms with Crippen molar-refractivity contribution in [2.45, 2.75) is 57.6 Å². The lowest BCUT2D eigenvalue weighted by molar-refractivity contribution is -0.114. The summed E-state index contributed by atoms with van der Waals surface area (Å²) in [5, 5.41) is 10.4. The molecular formula is C12H23NO. The summed E-state index contributed by atoms with van der Waals surface area (Å²) in [6.07, 6.45) is 5.40. The molecule has 2 rings (SSSR count). The predicted molar refractivity (Wildman–Crippen MR) is 57.8 cm³/mol. The van der Waals surface area contributed by atoms with Gasteiger partial charge < -0.3 is 10.8 Å². The molecule has 2 aliphatic carbocycles. The predicted octanol–water partition coefficient (Wildman–Crippen LogP) is 1.91. The van der Waals surface area contributed by atoms with Crippen molar-refractivity contribution < 1.29 is 5.11 Å². The minimum absolute atomic E-state index is 0.257. The first-order chi connectivity index (χ1) is 6.49. The first-order valence-corrected chi connectivity index (χ1v) is 5.97. The van der Waals surface area contributed by atoms with Gasteiger partial charge in [0.2, 0.25) is 0 Å². The molecule has 0 aromatic carbocycles. The minimum atomic E-state index is -0.400. The van der Waals surface area contributed by atoms with Crippen molar-refractivity contribution in [3.8, 4) is 0 Å². The lowest BCUT2D eigenvalue weighted by Crippen LogP contribution is -2.57. The maximum absolute atomic E-state index is 10.4. The summed E-state index contributed by atoms with van der Waals surface area (Å²) >= 11 is 0. The van der Waals surface area contributed by atoms with Gasteiger partial charge in [-0.25, -0.2) is 0 Å². The molecule has 0 radical (unpaired) electrons. The van der Waals surface area contributed by atoms with Crippen LogP contribution in [0.3, 0.4) is 0 Å². The van der Waals surface area contributed by atoms with Crippen molar-refractivity contribution >= 4 is 0 Å². The molecule has 3 N–H and O–H groups in total. The van der Waals surface area contributed by atoms with Crippen LogP contribution in [0.25, 0.3) is 0 Å². The van der Waals surface area contributed by atoms with E-state index >= 15 is 0 Å². The Balaban J connectivity index is 1.97. The third-order valence-electron chi connectivity index (χ3n) is 4.17. The molecule has 82 valence electrons. The third-order valence-corrected chi connectivity index (χ3v) is 4.17. The van der Waals surface area contributed by atoms with Crippen LogP contribution >= 0.6 is 0 Å². The molecule has 0 bridgehead atoms. The first-order valence-electron chi connectivity index (χ1n) is 5.97. The second-order valence-corrected chi connectivity index (χ2v) is 5.89. The molecular weight excluding hydrogens is 174 g/mol. The maximum atomic E-state index is 10.4. The Morgan fingerprint density at radius 2 is 1.57 bits per heavy atom. The zero-order chi connectivity index (χ0) is 10.3. The number of hydrogen-bond acceptors (Lipinski definition) is 2. The quantitative estimate of drug-likeness (QED) is 0.674. The van der Waals surface area contributed by atoms with Crippen molar-refractivity contribution in [2.24, 2.45) is 23.5 Å². The van der Waals surface area contributed by atoms with Crippen molar-refractivity contribution in [3.63, 3.8) is 0 Å². The van der Waals surface area contributed by atoms with Gasteiger partial charge in [-0.2, -0.15) is 0 Å². The summed E-state index contributed by atoms with van der Waals surface area (Å²) in [6.45, 7) is 4.62. The second kappa shape index (κ2) is 3.49. The highest BCUT2D eigenvalue weighted by Gasteiger charge is 2.48. The molecule has 2 fully saturated rings. The van der Waals surface area contributed by atoms with Gasteiger partial charge in [-0.15, -0.1) is 0 Å². The molecule has 2 saturated carbocycles. The van der Waals surface area contributed by atoms with Gasteiger partial charge in [0.1, 0.15) is 0 Å². The maximum Gasteiger partial charge on any atom is 0.0705 e. The Hall–Kier alpha value is -0.0800. The number of nitrogens with two attached hydrogens (primary N) is 1. The SMILES string of the molecule is CC1CC(C)CC(C2(O)CC(N)C2)C1. The fourth-order valence-electron chi connectivity index (χ4n) is 3.57. The van der Waals surface area contributed by atoms with Gasteiger partial charge in [0.25, 0.3) is 0 Å². The average molecular weight is 197 g/mol. The molecule has 0 heterocycles. The Bertz CT molecular complexity index is 200. The smallest absolute Gasteiger partial charge is 0.0705 e. The van der Waals surface area contributed by atoms with Crippen LogP contribution in [0.4, 0.5) is 0 Å². The highest BCUT2D eigenvalue weighted by atomic mass is 16.3. The highest BCUT2D eigenvalue weighted by molar-refractivity contribution is 5.02. The molecule has 2 unspecified atom stereocenters. The lowest BCUT2D eigenvalue weighted by atomic mass is 9.61. The Labute approximate surface area is 86.9 Å². The molecule has 2 aliphatic rings. The van der Waals surface area contributed by atoms with E-state index in [4.69, 9.17) is 5.73 Å². The molecule has 14 heavy (non-hydrogen) atoms. The molecule has 0 amide bonds. The molecule has 0 aromatic heterocycles. The van der Waals surface area contributed by atoms with Crippen LogP contribution in [-0.4, -0.2) is 16.7 Å². The molecule has 2 nitrogen and oxygen atoms in total. The van der Waals surface area contributed by atoms with E-state index in [9.17, 15) is 5.11 Å². The zero-order valence-electron chi connectivity index (χ0n) is 9.37.